The van der Waals surface area contributed by atoms with Crippen LogP contribution in [0.1, 0.15) is 6.42 Å². The van der Waals surface area contributed by atoms with Gasteiger partial charge in [0.25, 0.3) is 5.91 Å². The topological polar surface area (TPSA) is 111 Å². The van der Waals surface area contributed by atoms with Crippen molar-refractivity contribution in [3.8, 4) is 11.5 Å². The minimum Gasteiger partial charge on any atom is -0.457 e. The molecule has 0 spiro atoms. The van der Waals surface area contributed by atoms with Crippen LogP contribution in [0.25, 0.3) is 0 Å². The number of ether oxygens (including phenoxy) is 2. The first-order chi connectivity index (χ1) is 15.8. The predicted octanol–water partition coefficient (Wildman–Crippen LogP) is 3.98. The van der Waals surface area contributed by atoms with Crippen molar-refractivity contribution < 1.29 is 27.5 Å². The molecule has 0 aliphatic rings. The summed E-state index contributed by atoms with van der Waals surface area (Å²) in [6, 6.07) is 21.6. The maximum atomic E-state index is 12.1. The molecule has 0 unspecified atom stereocenters. The second-order valence-corrected chi connectivity index (χ2v) is 8.95. The number of esters is 1. The van der Waals surface area contributed by atoms with Gasteiger partial charge in [0.05, 0.1) is 11.3 Å². The lowest BCUT2D eigenvalue weighted by molar-refractivity contribution is -0.147. The largest absolute Gasteiger partial charge is 0.457 e. The summed E-state index contributed by atoms with van der Waals surface area (Å²) in [6.45, 7) is -0.667. The highest BCUT2D eigenvalue weighted by Gasteiger charge is 2.15. The Bertz CT molecular complexity index is 1180. The number of hydrogen-bond donors (Lipinski definition) is 2. The lowest BCUT2D eigenvalue weighted by atomic mass is 10.3. The van der Waals surface area contributed by atoms with Crippen molar-refractivity contribution >= 4 is 39.2 Å². The molecule has 3 aromatic carbocycles. The molecular weight excluding hydrogens is 468 g/mol. The molecule has 0 saturated carbocycles. The first kappa shape index (κ1) is 24.2. The number of rotatable bonds is 10. The van der Waals surface area contributed by atoms with Gasteiger partial charge in [0.2, 0.25) is 10.0 Å². The molecule has 3 aromatic rings. The molecule has 0 bridgehead atoms. The highest BCUT2D eigenvalue weighted by molar-refractivity contribution is 7.89. The number of benzene rings is 3. The Morgan fingerprint density at radius 3 is 2.15 bits per heavy atom. The average Bonchev–Trinajstić information content (AvgIpc) is 2.80. The number of carbonyl (C=O) groups excluding carboxylic acids is 2. The van der Waals surface area contributed by atoms with E-state index in [-0.39, 0.29) is 17.9 Å². The Morgan fingerprint density at radius 2 is 1.48 bits per heavy atom. The molecule has 0 aromatic heterocycles. The first-order valence-corrected chi connectivity index (χ1v) is 11.7. The van der Waals surface area contributed by atoms with Crippen LogP contribution in [0.2, 0.25) is 5.02 Å². The molecule has 0 aliphatic heterocycles. The van der Waals surface area contributed by atoms with Gasteiger partial charge in [0.15, 0.2) is 6.61 Å². The zero-order chi connectivity index (χ0) is 23.7. The van der Waals surface area contributed by atoms with Gasteiger partial charge in [-0.05, 0) is 60.7 Å². The van der Waals surface area contributed by atoms with Crippen LogP contribution in [0, 0.1) is 0 Å². The number of carbonyl (C=O) groups is 2. The number of amides is 1. The van der Waals surface area contributed by atoms with Crippen molar-refractivity contribution in [3.05, 3.63) is 83.9 Å². The van der Waals surface area contributed by atoms with Crippen molar-refractivity contribution in [2.75, 3.05) is 18.5 Å². The van der Waals surface area contributed by atoms with Gasteiger partial charge in [0.1, 0.15) is 11.5 Å². The van der Waals surface area contributed by atoms with Crippen molar-refractivity contribution in [2.45, 2.75) is 11.3 Å². The number of sulfonamides is 1. The normalized spacial score (nSPS) is 10.9. The minimum atomic E-state index is -3.77. The molecule has 3 rings (SSSR count). The summed E-state index contributed by atoms with van der Waals surface area (Å²) in [7, 11) is -3.77. The number of hydrogen-bond acceptors (Lipinski definition) is 6. The summed E-state index contributed by atoms with van der Waals surface area (Å²) < 4.78 is 37.1. The van der Waals surface area contributed by atoms with E-state index in [4.69, 9.17) is 21.1 Å². The third-order valence-electron chi connectivity index (χ3n) is 4.23. The van der Waals surface area contributed by atoms with E-state index in [1.54, 1.807) is 24.3 Å². The molecule has 0 radical (unpaired) electrons. The minimum absolute atomic E-state index is 0.0276. The van der Waals surface area contributed by atoms with Gasteiger partial charge in [-0.15, -0.1) is 0 Å². The molecule has 10 heteroatoms. The molecule has 0 atom stereocenters. The van der Waals surface area contributed by atoms with E-state index in [0.29, 0.717) is 22.2 Å². The molecule has 172 valence electrons. The van der Waals surface area contributed by atoms with Crippen LogP contribution in [-0.2, 0) is 24.3 Å². The zero-order valence-corrected chi connectivity index (χ0v) is 18.9. The van der Waals surface area contributed by atoms with Crippen molar-refractivity contribution in [2.24, 2.45) is 0 Å². The lowest BCUT2D eigenvalue weighted by Crippen LogP contribution is -2.27. The second kappa shape index (κ2) is 11.5. The summed E-state index contributed by atoms with van der Waals surface area (Å²) >= 11 is 5.74. The third-order valence-corrected chi connectivity index (χ3v) is 5.96. The fourth-order valence-corrected chi connectivity index (χ4v) is 3.79. The van der Waals surface area contributed by atoms with E-state index in [1.807, 2.05) is 30.3 Å². The van der Waals surface area contributed by atoms with Crippen LogP contribution in [0.15, 0.2) is 83.8 Å². The van der Waals surface area contributed by atoms with Crippen LogP contribution in [-0.4, -0.2) is 33.4 Å². The number of para-hydroxylation sites is 1. The molecule has 0 heterocycles. The molecule has 1 amide bonds. The number of nitrogens with one attached hydrogen (secondary N) is 2. The Labute approximate surface area is 196 Å². The molecule has 33 heavy (non-hydrogen) atoms. The lowest BCUT2D eigenvalue weighted by Gasteiger charge is -2.09. The Morgan fingerprint density at radius 1 is 0.848 bits per heavy atom. The predicted molar refractivity (Wildman–Crippen MR) is 124 cm³/mol. The molecular formula is C23H21ClN2O6S. The second-order valence-electron chi connectivity index (χ2n) is 6.75. The Hall–Kier alpha value is -3.40. The van der Waals surface area contributed by atoms with Crippen LogP contribution >= 0.6 is 11.6 Å². The molecule has 2 N–H and O–H groups in total. The van der Waals surface area contributed by atoms with Crippen LogP contribution < -0.4 is 14.8 Å². The monoisotopic (exact) mass is 488 g/mol. The quantitative estimate of drug-likeness (QED) is 0.417. The molecule has 0 aliphatic carbocycles. The molecule has 0 saturated heterocycles. The summed E-state index contributed by atoms with van der Waals surface area (Å²) in [5.74, 6) is 0.0562. The SMILES string of the molecule is O=C(COC(=O)CCNS(=O)(=O)c1ccc(Cl)cc1)Nc1ccc(Oc2ccccc2)cc1. The number of anilines is 1. The van der Waals surface area contributed by atoms with E-state index in [9.17, 15) is 18.0 Å². The van der Waals surface area contributed by atoms with Gasteiger partial charge >= 0.3 is 5.97 Å². The van der Waals surface area contributed by atoms with E-state index in [2.05, 4.69) is 10.0 Å². The first-order valence-electron chi connectivity index (χ1n) is 9.85. The van der Waals surface area contributed by atoms with Gasteiger partial charge < -0.3 is 14.8 Å². The summed E-state index contributed by atoms with van der Waals surface area (Å²) in [5, 5.41) is 3.01. The maximum absolute atomic E-state index is 12.1. The fraction of sp³-hybridized carbons (Fsp3) is 0.130. The number of halogens is 1. The average molecular weight is 489 g/mol. The Balaban J connectivity index is 1.37. The van der Waals surface area contributed by atoms with Gasteiger partial charge in [-0.1, -0.05) is 29.8 Å². The summed E-state index contributed by atoms with van der Waals surface area (Å²) in [4.78, 5) is 23.8. The van der Waals surface area contributed by atoms with Crippen molar-refractivity contribution in [3.63, 3.8) is 0 Å². The van der Waals surface area contributed by atoms with E-state index in [1.165, 1.54) is 24.3 Å². The smallest absolute Gasteiger partial charge is 0.307 e. The fourth-order valence-electron chi connectivity index (χ4n) is 2.63. The maximum Gasteiger partial charge on any atom is 0.307 e. The summed E-state index contributed by atoms with van der Waals surface area (Å²) in [5.41, 5.74) is 0.507. The summed E-state index contributed by atoms with van der Waals surface area (Å²) in [6.07, 6.45) is -0.231. The van der Waals surface area contributed by atoms with E-state index in [0.717, 1.165) is 0 Å². The van der Waals surface area contributed by atoms with Gasteiger partial charge in [-0.25, -0.2) is 13.1 Å². The molecule has 0 fully saturated rings. The molecule has 8 nitrogen and oxygen atoms in total. The highest BCUT2D eigenvalue weighted by Crippen LogP contribution is 2.22. The Kier molecular flexibility index (Phi) is 8.42. The van der Waals surface area contributed by atoms with Gasteiger partial charge in [-0.3, -0.25) is 9.59 Å². The van der Waals surface area contributed by atoms with E-state index < -0.39 is 28.5 Å². The zero-order valence-electron chi connectivity index (χ0n) is 17.4. The van der Waals surface area contributed by atoms with Crippen LogP contribution in [0.3, 0.4) is 0 Å². The van der Waals surface area contributed by atoms with Crippen LogP contribution in [0.4, 0.5) is 5.69 Å². The van der Waals surface area contributed by atoms with Crippen molar-refractivity contribution in [1.82, 2.24) is 4.72 Å². The van der Waals surface area contributed by atoms with E-state index >= 15 is 0 Å². The van der Waals surface area contributed by atoms with Gasteiger partial charge in [-0.2, -0.15) is 0 Å². The van der Waals surface area contributed by atoms with Crippen molar-refractivity contribution in [1.29, 1.82) is 0 Å². The van der Waals surface area contributed by atoms with Gasteiger partial charge in [0, 0.05) is 17.3 Å². The standard InChI is InChI=1S/C23H21ClN2O6S/c24-17-6-12-21(13-7-17)33(29,30)25-15-14-23(28)31-16-22(27)26-18-8-10-20(11-9-18)32-19-4-2-1-3-5-19/h1-13,25H,14-16H2,(H,26,27). The highest BCUT2D eigenvalue weighted by atomic mass is 35.5. The third kappa shape index (κ3) is 7.90. The van der Waals surface area contributed by atoms with Crippen LogP contribution in [0.5, 0.6) is 11.5 Å².